The SMILES string of the molecule is CC1=C2N=C(C=C3N/C(=C(/C)C4=N[C@@](C)([C@@H]5N=C1[C@](C)(CCC(=O)NCC(C)OP(=O)(O)O[C@H]1[C@@H](O)[C@@H](n6cnc7cc(C)c(C)cc76)O[C@@H]1CO)[C@H]5CC(N)=O)[C@@](C)(CC(N)=O)[C@@H]4CCC(N)=O)[C@@](C)(CC(=O)O)[C@@H]3CCC(N)=O)C(C)(C)[C@@H]2CCC(N)=O. The summed E-state index contributed by atoms with van der Waals surface area (Å²) in [5, 5.41) is 38.9. The monoisotopic (exact) mass is 1270 g/mol. The lowest BCUT2D eigenvalue weighted by Crippen LogP contribution is -2.56. The molecule has 6 aliphatic heterocycles. The highest BCUT2D eigenvalue weighted by Crippen LogP contribution is 2.63. The number of aryl methyl sites for hydroxylation is 2. The van der Waals surface area contributed by atoms with E-state index in [2.05, 4.69) is 15.6 Å². The highest BCUT2D eigenvalue weighted by atomic mass is 31.2. The number of aliphatic imine (C=N–C) groups is 3. The van der Waals surface area contributed by atoms with Crippen molar-refractivity contribution in [1.29, 1.82) is 0 Å². The standard InChI is InChI=1S/C62H89N12O15P/c1-29-20-39-40(21-30(29)2)74(28-69-39)57-52(84)53(41(27-75)87-57)89-90(85,86)88-31(3)26-68-48(81)18-19-59(8)37(22-46(66)79)56-62(11)61(10,24-47(67)80)36(14-17-45(65)78)51(73-62)33(5)55-60(9,25-49(82)83)34(12-15-43(63)76)38(70-55)23-42-58(6,7)35(13-16-44(64)77)50(71-42)32(4)54(59)72-56/h20-21,23,28,31,34-37,41,52-53,56-57,70,75,84H,12-19,22,24-27H2,1-11H3,(H2,63,76)(H2,64,77)(H2,65,78)(H2,66,79)(H2,67,80)(H,68,81)(H,82,83)(H,85,86)/b38-23?,50-32?,55-33-/t31?,34-,35-,36-,37+,41-,52-,53-,56-,57+,59-,60+,61+,62+/m1/s1. The van der Waals surface area contributed by atoms with Crippen LogP contribution in [-0.4, -0.2) is 137 Å². The number of aliphatic carboxylic acids is 1. The molecule has 1 aromatic carbocycles. The van der Waals surface area contributed by atoms with E-state index in [1.165, 1.54) is 13.3 Å². The molecule has 1 aromatic heterocycles. The number of aliphatic hydroxyl groups excluding tert-OH is 2. The van der Waals surface area contributed by atoms with Crippen LogP contribution in [0.2, 0.25) is 0 Å². The number of carbonyl (C=O) groups excluding carboxylic acids is 6. The van der Waals surface area contributed by atoms with E-state index in [9.17, 15) is 58.3 Å². The van der Waals surface area contributed by atoms with Gasteiger partial charge in [-0.2, -0.15) is 0 Å². The number of primary amides is 5. The zero-order valence-corrected chi connectivity index (χ0v) is 54.0. The lowest BCUT2D eigenvalue weighted by Gasteiger charge is -2.48. The van der Waals surface area contributed by atoms with Gasteiger partial charge in [0.1, 0.15) is 18.3 Å². The van der Waals surface area contributed by atoms with Crippen molar-refractivity contribution in [2.75, 3.05) is 13.2 Å². The number of carboxylic acids is 1. The van der Waals surface area contributed by atoms with Gasteiger partial charge in [0, 0.05) is 125 Å². The molecule has 27 nitrogen and oxygen atoms in total. The van der Waals surface area contributed by atoms with E-state index >= 15 is 0 Å². The number of phosphoric ester groups is 1. The molecule has 0 radical (unpaired) electrons. The van der Waals surface area contributed by atoms with Gasteiger partial charge in [-0.1, -0.05) is 34.6 Å². The summed E-state index contributed by atoms with van der Waals surface area (Å²) >= 11 is 0. The molecular weight excluding hydrogens is 1180 g/mol. The van der Waals surface area contributed by atoms with Crippen molar-refractivity contribution < 1.29 is 72.1 Å². The fourth-order valence-corrected chi connectivity index (χ4v) is 16.5. The third-order valence-electron chi connectivity index (χ3n) is 20.6. The molecule has 8 bridgehead atoms. The Kier molecular flexibility index (Phi) is 19.6. The van der Waals surface area contributed by atoms with Gasteiger partial charge in [0.05, 0.1) is 48.1 Å². The molecule has 492 valence electrons. The number of aliphatic hydroxyl groups is 2. The van der Waals surface area contributed by atoms with Crippen LogP contribution < -0.4 is 39.3 Å². The maximum atomic E-state index is 14.4. The number of hydrogen-bond donors (Lipinski definition) is 11. The summed E-state index contributed by atoms with van der Waals surface area (Å²) in [5.74, 6) is -7.92. The zero-order valence-electron chi connectivity index (χ0n) is 53.1. The minimum atomic E-state index is -5.07. The first-order valence-electron chi connectivity index (χ1n) is 30.5. The average molecular weight is 1270 g/mol. The number of amides is 6. The van der Waals surface area contributed by atoms with Crippen molar-refractivity contribution in [3.8, 4) is 0 Å². The fourth-order valence-electron chi connectivity index (χ4n) is 15.4. The zero-order chi connectivity index (χ0) is 66.7. The lowest BCUT2D eigenvalue weighted by atomic mass is 9.55. The minimum Gasteiger partial charge on any atom is -0.481 e. The van der Waals surface area contributed by atoms with Crippen LogP contribution >= 0.6 is 7.82 Å². The maximum absolute atomic E-state index is 14.4. The van der Waals surface area contributed by atoms with Crippen molar-refractivity contribution in [2.24, 2.45) is 89.0 Å². The van der Waals surface area contributed by atoms with E-state index in [1.807, 2.05) is 66.7 Å². The molecule has 90 heavy (non-hydrogen) atoms. The number of nitrogens with one attached hydrogen (secondary N) is 2. The number of nitrogens with two attached hydrogens (primary N) is 5. The Bertz CT molecular complexity index is 3540. The Labute approximate surface area is 522 Å². The van der Waals surface area contributed by atoms with Gasteiger partial charge < -0.3 is 68.8 Å². The first-order valence-corrected chi connectivity index (χ1v) is 32.0. The summed E-state index contributed by atoms with van der Waals surface area (Å²) < 4.78 is 32.2. The minimum absolute atomic E-state index is 0.0232. The van der Waals surface area contributed by atoms with Crippen LogP contribution in [0.4, 0.5) is 0 Å². The van der Waals surface area contributed by atoms with E-state index in [4.69, 9.17) is 57.4 Å². The fraction of sp³-hybridized carbons (Fsp3) is 0.629. The molecule has 7 heterocycles. The average Bonchev–Trinajstić information content (AvgIpc) is 1.53. The Morgan fingerprint density at radius 3 is 2.02 bits per heavy atom. The lowest BCUT2D eigenvalue weighted by molar-refractivity contribution is -0.139. The Morgan fingerprint density at radius 1 is 0.822 bits per heavy atom. The molecule has 6 aliphatic rings. The first-order chi connectivity index (χ1) is 41.8. The summed E-state index contributed by atoms with van der Waals surface area (Å²) in [6, 6.07) is 2.67. The predicted molar refractivity (Wildman–Crippen MR) is 332 cm³/mol. The van der Waals surface area contributed by atoms with Crippen molar-refractivity contribution in [3.63, 3.8) is 0 Å². The number of hydrogen-bond acceptors (Lipinski definition) is 18. The van der Waals surface area contributed by atoms with Crippen LogP contribution in [-0.2, 0) is 51.9 Å². The highest BCUT2D eigenvalue weighted by Gasteiger charge is 2.66. The van der Waals surface area contributed by atoms with Crippen LogP contribution in [0.1, 0.15) is 150 Å². The van der Waals surface area contributed by atoms with E-state index in [0.29, 0.717) is 56.4 Å². The summed E-state index contributed by atoms with van der Waals surface area (Å²) in [7, 11) is -5.07. The second-order valence-corrected chi connectivity index (χ2v) is 28.4. The molecule has 2 saturated heterocycles. The smallest absolute Gasteiger partial charge is 0.472 e. The summed E-state index contributed by atoms with van der Waals surface area (Å²) in [6.45, 7) is 19.0. The van der Waals surface area contributed by atoms with E-state index < -0.39 is 150 Å². The molecule has 15 atom stereocenters. The molecule has 6 amide bonds. The maximum Gasteiger partial charge on any atom is 0.472 e. The number of rotatable bonds is 26. The number of nitrogens with zero attached hydrogens (tertiary/aromatic N) is 5. The van der Waals surface area contributed by atoms with Gasteiger partial charge in [0.2, 0.25) is 35.4 Å². The third kappa shape index (κ3) is 13.0. The van der Waals surface area contributed by atoms with Crippen LogP contribution in [0.15, 0.2) is 67.8 Å². The summed E-state index contributed by atoms with van der Waals surface area (Å²) in [5.41, 5.74) is 30.6. The largest absolute Gasteiger partial charge is 0.481 e. The second-order valence-electron chi connectivity index (χ2n) is 27.0. The molecule has 8 rings (SSSR count). The Morgan fingerprint density at radius 2 is 1.43 bits per heavy atom. The van der Waals surface area contributed by atoms with Gasteiger partial charge >= 0.3 is 13.8 Å². The number of imidazole rings is 1. The second kappa shape index (κ2) is 25.6. The number of fused-ring (bicyclic) bond motifs is 7. The van der Waals surface area contributed by atoms with Crippen molar-refractivity contribution >= 4 is 77.4 Å². The quantitative estimate of drug-likeness (QED) is 0.0597. The highest BCUT2D eigenvalue weighted by molar-refractivity contribution is 7.47. The normalized spacial score (nSPS) is 32.8. The number of aromatic nitrogens is 2. The van der Waals surface area contributed by atoms with Gasteiger partial charge in [-0.3, -0.25) is 57.6 Å². The number of benzene rings is 1. The van der Waals surface area contributed by atoms with Gasteiger partial charge in [0.15, 0.2) is 6.23 Å². The van der Waals surface area contributed by atoms with E-state index in [0.717, 1.165) is 11.1 Å². The molecule has 0 spiro atoms. The number of allylic oxidation sites excluding steroid dienone is 6. The molecule has 0 saturated carbocycles. The van der Waals surface area contributed by atoms with Gasteiger partial charge in [0.25, 0.3) is 0 Å². The summed E-state index contributed by atoms with van der Waals surface area (Å²) in [4.78, 5) is 125. The van der Waals surface area contributed by atoms with E-state index in [-0.39, 0.29) is 70.8 Å². The topological polar surface area (TPSA) is 454 Å². The molecule has 28 heteroatoms. The van der Waals surface area contributed by atoms with Crippen LogP contribution in [0.25, 0.3) is 11.0 Å². The number of ether oxygens (including phenoxy) is 1. The number of carboxylic acid groups (broad SMARTS) is 1. The Balaban J connectivity index is 1.19. The molecule has 2 fully saturated rings. The van der Waals surface area contributed by atoms with E-state index in [1.54, 1.807) is 25.3 Å². The molecule has 2 aromatic rings. The van der Waals surface area contributed by atoms with Crippen molar-refractivity contribution in [3.05, 3.63) is 63.9 Å². The van der Waals surface area contributed by atoms with Crippen LogP contribution in [0.5, 0.6) is 0 Å². The van der Waals surface area contributed by atoms with Crippen molar-refractivity contribution in [2.45, 2.75) is 189 Å². The van der Waals surface area contributed by atoms with Crippen LogP contribution in [0, 0.1) is 59.2 Å². The molecule has 16 N–H and O–H groups in total. The number of carbonyl (C=O) groups is 7. The van der Waals surface area contributed by atoms with Gasteiger partial charge in [-0.25, -0.2) is 9.55 Å². The number of phosphoric acid groups is 1. The molecule has 0 aliphatic carbocycles. The first kappa shape index (κ1) is 68.9. The van der Waals surface area contributed by atoms with Gasteiger partial charge in [-0.15, -0.1) is 0 Å². The third-order valence-corrected chi connectivity index (χ3v) is 21.7. The molecular formula is C62H89N12O15P. The predicted octanol–water partition coefficient (Wildman–Crippen LogP) is 3.76. The summed E-state index contributed by atoms with van der Waals surface area (Å²) in [6.07, 6.45) is -4.77. The van der Waals surface area contributed by atoms with Gasteiger partial charge in [-0.05, 0) is 108 Å². The Hall–Kier alpha value is -7.00. The van der Waals surface area contributed by atoms with Crippen LogP contribution in [0.3, 0.4) is 0 Å². The van der Waals surface area contributed by atoms with Crippen molar-refractivity contribution in [1.82, 2.24) is 20.2 Å². The molecule has 2 unspecified atom stereocenters.